The maximum atomic E-state index is 9.09. The van der Waals surface area contributed by atoms with Gasteiger partial charge in [0, 0.05) is 18.6 Å². The van der Waals surface area contributed by atoms with Crippen molar-refractivity contribution in [3.05, 3.63) is 64.7 Å². The standard InChI is InChI=1S/C15H13ClN2/c1-18(11-13-7-2-4-8-14(13)16)15-9-5-3-6-12(15)10-17/h2-9H,11H2,1H3. The second kappa shape index (κ2) is 5.57. The summed E-state index contributed by atoms with van der Waals surface area (Å²) in [6.07, 6.45) is 0. The smallest absolute Gasteiger partial charge is 0.101 e. The lowest BCUT2D eigenvalue weighted by Gasteiger charge is -2.21. The molecule has 0 aliphatic rings. The van der Waals surface area contributed by atoms with Crippen molar-refractivity contribution in [2.75, 3.05) is 11.9 Å². The number of benzene rings is 2. The maximum absolute atomic E-state index is 9.09. The Morgan fingerprint density at radius 2 is 1.78 bits per heavy atom. The van der Waals surface area contributed by atoms with Crippen LogP contribution in [0.5, 0.6) is 0 Å². The molecule has 0 bridgehead atoms. The van der Waals surface area contributed by atoms with E-state index in [1.165, 1.54) is 0 Å². The van der Waals surface area contributed by atoms with Crippen molar-refractivity contribution in [1.29, 1.82) is 5.26 Å². The van der Waals surface area contributed by atoms with Gasteiger partial charge in [0.2, 0.25) is 0 Å². The number of nitriles is 1. The molecule has 0 N–H and O–H groups in total. The van der Waals surface area contributed by atoms with Crippen molar-refractivity contribution in [3.8, 4) is 6.07 Å². The fourth-order valence-electron chi connectivity index (χ4n) is 1.87. The zero-order chi connectivity index (χ0) is 13.0. The van der Waals surface area contributed by atoms with Gasteiger partial charge in [-0.3, -0.25) is 0 Å². The fraction of sp³-hybridized carbons (Fsp3) is 0.133. The van der Waals surface area contributed by atoms with E-state index in [0.29, 0.717) is 12.1 Å². The van der Waals surface area contributed by atoms with E-state index < -0.39 is 0 Å². The Labute approximate surface area is 112 Å². The summed E-state index contributed by atoms with van der Waals surface area (Å²) >= 11 is 6.14. The Bertz CT molecular complexity index is 587. The zero-order valence-electron chi connectivity index (χ0n) is 10.1. The summed E-state index contributed by atoms with van der Waals surface area (Å²) in [4.78, 5) is 2.03. The molecule has 0 aromatic heterocycles. The SMILES string of the molecule is CN(Cc1ccccc1Cl)c1ccccc1C#N. The van der Waals surface area contributed by atoms with Gasteiger partial charge in [0.15, 0.2) is 0 Å². The molecule has 0 aliphatic carbocycles. The van der Waals surface area contributed by atoms with Crippen molar-refractivity contribution in [1.82, 2.24) is 0 Å². The van der Waals surface area contributed by atoms with Crippen molar-refractivity contribution >= 4 is 17.3 Å². The third kappa shape index (κ3) is 2.64. The van der Waals surface area contributed by atoms with Gasteiger partial charge in [0.1, 0.15) is 6.07 Å². The van der Waals surface area contributed by atoms with Gasteiger partial charge in [0.05, 0.1) is 11.3 Å². The number of para-hydroxylation sites is 1. The van der Waals surface area contributed by atoms with Gasteiger partial charge in [0.25, 0.3) is 0 Å². The van der Waals surface area contributed by atoms with Crippen LogP contribution < -0.4 is 4.90 Å². The van der Waals surface area contributed by atoms with Crippen LogP contribution in [-0.2, 0) is 6.54 Å². The van der Waals surface area contributed by atoms with Crippen molar-refractivity contribution in [3.63, 3.8) is 0 Å². The van der Waals surface area contributed by atoms with Crippen molar-refractivity contribution in [2.24, 2.45) is 0 Å². The number of halogens is 1. The molecule has 2 nitrogen and oxygen atoms in total. The molecule has 0 fully saturated rings. The van der Waals surface area contributed by atoms with Gasteiger partial charge in [-0.1, -0.05) is 41.9 Å². The van der Waals surface area contributed by atoms with E-state index in [2.05, 4.69) is 6.07 Å². The first-order valence-corrected chi connectivity index (χ1v) is 6.04. The highest BCUT2D eigenvalue weighted by atomic mass is 35.5. The average molecular weight is 257 g/mol. The first-order chi connectivity index (χ1) is 8.72. The van der Waals surface area contributed by atoms with E-state index in [4.69, 9.17) is 16.9 Å². The van der Waals surface area contributed by atoms with Crippen LogP contribution in [0.15, 0.2) is 48.5 Å². The highest BCUT2D eigenvalue weighted by molar-refractivity contribution is 6.31. The first kappa shape index (κ1) is 12.5. The lowest BCUT2D eigenvalue weighted by atomic mass is 10.1. The van der Waals surface area contributed by atoms with Crippen LogP contribution in [0.1, 0.15) is 11.1 Å². The maximum Gasteiger partial charge on any atom is 0.101 e. The predicted molar refractivity (Wildman–Crippen MR) is 74.7 cm³/mol. The lowest BCUT2D eigenvalue weighted by molar-refractivity contribution is 0.921. The molecule has 18 heavy (non-hydrogen) atoms. The van der Waals surface area contributed by atoms with Crippen molar-refractivity contribution in [2.45, 2.75) is 6.54 Å². The summed E-state index contributed by atoms with van der Waals surface area (Å²) in [5.41, 5.74) is 2.64. The van der Waals surface area contributed by atoms with Crippen LogP contribution in [0.3, 0.4) is 0 Å². The van der Waals surface area contributed by atoms with Crippen molar-refractivity contribution < 1.29 is 0 Å². The van der Waals surface area contributed by atoms with Gasteiger partial charge in [-0.25, -0.2) is 0 Å². The quantitative estimate of drug-likeness (QED) is 0.834. The van der Waals surface area contributed by atoms with E-state index in [1.807, 2.05) is 60.5 Å². The molecule has 0 aliphatic heterocycles. The minimum absolute atomic E-state index is 0.673. The lowest BCUT2D eigenvalue weighted by Crippen LogP contribution is -2.17. The van der Waals surface area contributed by atoms with E-state index in [1.54, 1.807) is 0 Å². The number of hydrogen-bond acceptors (Lipinski definition) is 2. The van der Waals surface area contributed by atoms with Crippen LogP contribution in [-0.4, -0.2) is 7.05 Å². The topological polar surface area (TPSA) is 27.0 Å². The largest absolute Gasteiger partial charge is 0.369 e. The van der Waals surface area contributed by atoms with Crippen LogP contribution in [0.4, 0.5) is 5.69 Å². The summed E-state index contributed by atoms with van der Waals surface area (Å²) in [5, 5.41) is 9.83. The highest BCUT2D eigenvalue weighted by Gasteiger charge is 2.08. The molecule has 2 aromatic carbocycles. The molecule has 0 radical (unpaired) electrons. The summed E-state index contributed by atoms with van der Waals surface area (Å²) < 4.78 is 0. The Morgan fingerprint density at radius 1 is 1.11 bits per heavy atom. The van der Waals surface area contributed by atoms with E-state index in [-0.39, 0.29) is 0 Å². The van der Waals surface area contributed by atoms with E-state index in [0.717, 1.165) is 16.3 Å². The summed E-state index contributed by atoms with van der Waals surface area (Å²) in [6.45, 7) is 0.679. The van der Waals surface area contributed by atoms with Gasteiger partial charge in [-0.2, -0.15) is 5.26 Å². The molecule has 3 heteroatoms. The first-order valence-electron chi connectivity index (χ1n) is 5.66. The van der Waals surface area contributed by atoms with E-state index >= 15 is 0 Å². The van der Waals surface area contributed by atoms with Crippen LogP contribution in [0.25, 0.3) is 0 Å². The van der Waals surface area contributed by atoms with Gasteiger partial charge < -0.3 is 4.90 Å². The van der Waals surface area contributed by atoms with Gasteiger partial charge in [-0.05, 0) is 23.8 Å². The normalized spacial score (nSPS) is 9.83. The Kier molecular flexibility index (Phi) is 3.86. The minimum Gasteiger partial charge on any atom is -0.369 e. The predicted octanol–water partition coefficient (Wildman–Crippen LogP) is 3.85. The Morgan fingerprint density at radius 3 is 2.50 bits per heavy atom. The molecule has 2 aromatic rings. The third-order valence-corrected chi connectivity index (χ3v) is 3.17. The second-order valence-corrected chi connectivity index (χ2v) is 4.48. The molecule has 2 rings (SSSR count). The third-order valence-electron chi connectivity index (χ3n) is 2.80. The molecular formula is C15H13ClN2. The van der Waals surface area contributed by atoms with Crippen LogP contribution in [0, 0.1) is 11.3 Å². The fourth-order valence-corrected chi connectivity index (χ4v) is 2.06. The monoisotopic (exact) mass is 256 g/mol. The average Bonchev–Trinajstić information content (AvgIpc) is 2.41. The molecule has 0 unspecified atom stereocenters. The molecule has 0 saturated heterocycles. The highest BCUT2D eigenvalue weighted by Crippen LogP contribution is 2.23. The van der Waals surface area contributed by atoms with Crippen LogP contribution in [0.2, 0.25) is 5.02 Å². The number of hydrogen-bond donors (Lipinski definition) is 0. The zero-order valence-corrected chi connectivity index (χ0v) is 10.9. The molecule has 0 amide bonds. The number of rotatable bonds is 3. The Hall–Kier alpha value is -1.98. The Balaban J connectivity index is 2.26. The minimum atomic E-state index is 0.673. The summed E-state index contributed by atoms with van der Waals surface area (Å²) in [6, 6.07) is 17.5. The summed E-state index contributed by atoms with van der Waals surface area (Å²) in [7, 11) is 1.96. The van der Waals surface area contributed by atoms with Gasteiger partial charge >= 0.3 is 0 Å². The molecular weight excluding hydrogens is 244 g/mol. The molecule has 90 valence electrons. The number of anilines is 1. The molecule has 0 saturated carbocycles. The molecule has 0 heterocycles. The number of nitrogens with zero attached hydrogens (tertiary/aromatic N) is 2. The van der Waals surface area contributed by atoms with E-state index in [9.17, 15) is 0 Å². The molecule has 0 spiro atoms. The molecule has 0 atom stereocenters. The summed E-state index contributed by atoms with van der Waals surface area (Å²) in [5.74, 6) is 0. The van der Waals surface area contributed by atoms with Crippen LogP contribution >= 0.6 is 11.6 Å². The second-order valence-electron chi connectivity index (χ2n) is 4.08. The van der Waals surface area contributed by atoms with Gasteiger partial charge in [-0.15, -0.1) is 0 Å².